The number of fused-ring (bicyclic) bond motifs is 1. The molecular formula is C50H71N5O9. The van der Waals surface area contributed by atoms with E-state index in [0.717, 1.165) is 23.2 Å². The topological polar surface area (TPSA) is 163 Å². The summed E-state index contributed by atoms with van der Waals surface area (Å²) in [5.41, 5.74) is 0.451. The zero-order valence-corrected chi connectivity index (χ0v) is 39.5. The van der Waals surface area contributed by atoms with Gasteiger partial charge in [0.25, 0.3) is 0 Å². The second-order valence-corrected chi connectivity index (χ2v) is 19.2. The highest BCUT2D eigenvalue weighted by molar-refractivity contribution is 6.00. The molecule has 0 spiro atoms. The van der Waals surface area contributed by atoms with Crippen LogP contribution in [0, 0.1) is 29.1 Å². The lowest BCUT2D eigenvalue weighted by atomic mass is 9.64. The summed E-state index contributed by atoms with van der Waals surface area (Å²) in [6.45, 7) is 13.7. The summed E-state index contributed by atoms with van der Waals surface area (Å²) in [7, 11) is 5.29. The molecule has 1 N–H and O–H groups in total. The summed E-state index contributed by atoms with van der Waals surface area (Å²) in [6.07, 6.45) is 5.96. The number of methoxy groups -OCH3 is 1. The predicted molar refractivity (Wildman–Crippen MR) is 242 cm³/mol. The van der Waals surface area contributed by atoms with Gasteiger partial charge in [-0.3, -0.25) is 24.2 Å². The number of likely N-dealkylation sites (tertiary alicyclic amines) is 1. The molecule has 13 atom stereocenters. The smallest absolute Gasteiger partial charge is 0.316 e. The van der Waals surface area contributed by atoms with Gasteiger partial charge in [-0.15, -0.1) is 0 Å². The SMILES string of the molecule is CC[C@H]1OC(=O)[C@H](C)C(=O)[C@H](C)[C@@H](OC2O[C@H](C)C[C@H](N(C)C)[C@H]2O)[C@](C)(OC)C[C@@H](C)C(=O)[C@H](C)[C@H]2N(CCCCn3cnc(-c4cccnc4)c3)C(=O)C[C@]12Cc1ccccc1. The first-order valence-electron chi connectivity index (χ1n) is 23.2. The van der Waals surface area contributed by atoms with Crippen molar-refractivity contribution in [2.75, 3.05) is 27.7 Å². The van der Waals surface area contributed by atoms with Crippen molar-refractivity contribution in [3.05, 3.63) is 72.9 Å². The molecule has 0 bridgehead atoms. The van der Waals surface area contributed by atoms with Crippen molar-refractivity contribution in [2.45, 2.75) is 148 Å². The number of amides is 1. The number of nitrogens with zero attached hydrogens (tertiary/aromatic N) is 5. The molecule has 3 fully saturated rings. The molecule has 3 aliphatic heterocycles. The van der Waals surface area contributed by atoms with Gasteiger partial charge < -0.3 is 38.4 Å². The minimum absolute atomic E-state index is 0.0703. The number of aliphatic hydroxyl groups excluding tert-OH is 1. The number of carbonyl (C=O) groups is 4. The monoisotopic (exact) mass is 886 g/mol. The van der Waals surface area contributed by atoms with Crippen LogP contribution < -0.4 is 0 Å². The second kappa shape index (κ2) is 20.9. The van der Waals surface area contributed by atoms with E-state index in [-0.39, 0.29) is 36.7 Å². The number of cyclic esters (lactones) is 1. The highest BCUT2D eigenvalue weighted by Crippen LogP contribution is 2.50. The van der Waals surface area contributed by atoms with Gasteiger partial charge >= 0.3 is 5.97 Å². The van der Waals surface area contributed by atoms with Gasteiger partial charge in [-0.2, -0.15) is 0 Å². The quantitative estimate of drug-likeness (QED) is 0.118. The first-order valence-corrected chi connectivity index (χ1v) is 23.2. The van der Waals surface area contributed by atoms with E-state index in [1.165, 1.54) is 7.11 Å². The molecule has 3 aromatic rings. The van der Waals surface area contributed by atoms with E-state index >= 15 is 4.79 Å². The Morgan fingerprint density at radius 1 is 0.953 bits per heavy atom. The Hall–Kier alpha value is -4.34. The van der Waals surface area contributed by atoms with Crippen LogP contribution in [0.3, 0.4) is 0 Å². The summed E-state index contributed by atoms with van der Waals surface area (Å²) in [4.78, 5) is 71.6. The summed E-state index contributed by atoms with van der Waals surface area (Å²) >= 11 is 0. The van der Waals surface area contributed by atoms with E-state index in [1.54, 1.807) is 32.6 Å². The predicted octanol–water partition coefficient (Wildman–Crippen LogP) is 6.18. The largest absolute Gasteiger partial charge is 0.461 e. The van der Waals surface area contributed by atoms with Gasteiger partial charge in [0.15, 0.2) is 12.1 Å². The van der Waals surface area contributed by atoms with E-state index in [4.69, 9.17) is 18.9 Å². The number of esters is 1. The van der Waals surface area contributed by atoms with Crippen LogP contribution in [0.5, 0.6) is 0 Å². The van der Waals surface area contributed by atoms with E-state index in [2.05, 4.69) is 9.97 Å². The Kier molecular flexibility index (Phi) is 16.0. The van der Waals surface area contributed by atoms with E-state index in [0.29, 0.717) is 38.8 Å². The lowest BCUT2D eigenvalue weighted by molar-refractivity contribution is -0.295. The third-order valence-electron chi connectivity index (χ3n) is 14.5. The van der Waals surface area contributed by atoms with Crippen LogP contribution in [0.15, 0.2) is 67.4 Å². The van der Waals surface area contributed by atoms with Gasteiger partial charge in [-0.25, -0.2) is 4.98 Å². The fourth-order valence-electron chi connectivity index (χ4n) is 11.0. The van der Waals surface area contributed by atoms with Crippen molar-refractivity contribution >= 4 is 23.4 Å². The molecular weight excluding hydrogens is 815 g/mol. The molecule has 350 valence electrons. The summed E-state index contributed by atoms with van der Waals surface area (Å²) in [5.74, 6) is -4.76. The number of aromatic nitrogens is 3. The lowest BCUT2D eigenvalue weighted by Gasteiger charge is -2.48. The molecule has 2 aromatic heterocycles. The first-order chi connectivity index (χ1) is 30.4. The molecule has 0 aliphatic carbocycles. The number of carbonyl (C=O) groups excluding carboxylic acids is 4. The molecule has 3 saturated heterocycles. The second-order valence-electron chi connectivity index (χ2n) is 19.2. The molecule has 1 aromatic carbocycles. The van der Waals surface area contributed by atoms with Gasteiger partial charge in [0.2, 0.25) is 5.91 Å². The fraction of sp³-hybridized carbons (Fsp3) is 0.640. The van der Waals surface area contributed by atoms with Crippen molar-refractivity contribution in [3.63, 3.8) is 0 Å². The van der Waals surface area contributed by atoms with E-state index < -0.39 is 77.1 Å². The van der Waals surface area contributed by atoms with Crippen molar-refractivity contribution < 1.29 is 43.2 Å². The minimum Gasteiger partial charge on any atom is -0.461 e. The first kappa shape index (κ1) is 49.1. The third kappa shape index (κ3) is 10.4. The normalized spacial score (nSPS) is 34.4. The van der Waals surface area contributed by atoms with Gasteiger partial charge in [-0.1, -0.05) is 58.0 Å². The summed E-state index contributed by atoms with van der Waals surface area (Å²) in [6, 6.07) is 12.8. The Labute approximate surface area is 379 Å². The number of benzene rings is 1. The molecule has 1 amide bonds. The average Bonchev–Trinajstić information content (AvgIpc) is 3.87. The van der Waals surface area contributed by atoms with Crippen molar-refractivity contribution in [3.8, 4) is 11.3 Å². The maximum Gasteiger partial charge on any atom is 0.316 e. The third-order valence-corrected chi connectivity index (χ3v) is 14.5. The number of Topliss-reactive ketones (excluding diaryl/α,β-unsaturated/α-hetero) is 2. The Morgan fingerprint density at radius 2 is 1.67 bits per heavy atom. The molecule has 14 nitrogen and oxygen atoms in total. The Balaban J connectivity index is 1.36. The van der Waals surface area contributed by atoms with Crippen LogP contribution in [-0.4, -0.2) is 129 Å². The number of ketones is 2. The number of ether oxygens (including phenoxy) is 4. The standard InChI is InChI=1S/C50H71N5O9/c1-11-40-50(26-36-18-13-12-14-19-36)27-41(56)55(23-16-15-22-54-29-38(52-30-54)37-20-17-21-51-28-37)45(50)33(4)42(57)31(2)25-49(7,61-10)46(34(5)43(58)35(6)47(60)63-40)64-48-44(59)39(53(8)9)24-32(3)62-48/h12-14,17-21,28-35,39-40,44-46,48,59H,11,15-16,22-27H2,1-10H3/t31-,32-,33+,34+,35-,39+,40-,44-,45-,46-,48?,49-,50-/m1/s1. The number of aliphatic hydroxyl groups is 1. The van der Waals surface area contributed by atoms with Gasteiger partial charge in [0.1, 0.15) is 23.9 Å². The van der Waals surface area contributed by atoms with Crippen LogP contribution in [-0.2, 0) is 51.1 Å². The van der Waals surface area contributed by atoms with Crippen LogP contribution >= 0.6 is 0 Å². The number of aryl methyl sites for hydroxylation is 1. The maximum absolute atomic E-state index is 15.2. The van der Waals surface area contributed by atoms with Crippen molar-refractivity contribution in [2.24, 2.45) is 29.1 Å². The lowest BCUT2D eigenvalue weighted by Crippen LogP contribution is -2.59. The van der Waals surface area contributed by atoms with Gasteiger partial charge in [0.05, 0.1) is 35.9 Å². The number of unbranched alkanes of at least 4 members (excludes halogenated alkanes) is 1. The number of pyridine rings is 1. The zero-order chi connectivity index (χ0) is 46.5. The van der Waals surface area contributed by atoms with E-state index in [1.807, 2.05) is 112 Å². The molecule has 5 heterocycles. The van der Waals surface area contributed by atoms with Crippen molar-refractivity contribution in [1.29, 1.82) is 0 Å². The van der Waals surface area contributed by atoms with Crippen molar-refractivity contribution in [1.82, 2.24) is 24.3 Å². The highest BCUT2D eigenvalue weighted by atomic mass is 16.7. The highest BCUT2D eigenvalue weighted by Gasteiger charge is 2.60. The molecule has 14 heteroatoms. The average molecular weight is 886 g/mol. The van der Waals surface area contributed by atoms with Crippen LogP contribution in [0.1, 0.15) is 92.6 Å². The van der Waals surface area contributed by atoms with Crippen LogP contribution in [0.25, 0.3) is 11.3 Å². The Morgan fingerprint density at radius 3 is 2.33 bits per heavy atom. The van der Waals surface area contributed by atoms with E-state index in [9.17, 15) is 19.5 Å². The summed E-state index contributed by atoms with van der Waals surface area (Å²) < 4.78 is 27.7. The fourth-order valence-corrected chi connectivity index (χ4v) is 11.0. The molecule has 6 rings (SSSR count). The number of imidazole rings is 1. The molecule has 0 saturated carbocycles. The molecule has 3 aliphatic rings. The van der Waals surface area contributed by atoms with Crippen LogP contribution in [0.2, 0.25) is 0 Å². The molecule has 1 unspecified atom stereocenters. The Bertz CT molecular complexity index is 2050. The molecule has 0 radical (unpaired) electrons. The number of hydrogen-bond donors (Lipinski definition) is 1. The van der Waals surface area contributed by atoms with Gasteiger partial charge in [0, 0.05) is 80.0 Å². The number of rotatable bonds is 13. The number of hydrogen-bond acceptors (Lipinski definition) is 12. The maximum atomic E-state index is 15.2. The minimum atomic E-state index is -1.27. The zero-order valence-electron chi connectivity index (χ0n) is 39.5. The molecule has 64 heavy (non-hydrogen) atoms. The number of likely N-dealkylation sites (N-methyl/N-ethyl adjacent to an activating group) is 1. The van der Waals surface area contributed by atoms with Crippen LogP contribution in [0.4, 0.5) is 0 Å². The summed E-state index contributed by atoms with van der Waals surface area (Å²) in [5, 5.41) is 11.6. The van der Waals surface area contributed by atoms with Gasteiger partial charge in [-0.05, 0) is 91.1 Å².